The van der Waals surface area contributed by atoms with Gasteiger partial charge in [-0.05, 0) is 56.2 Å². The fourth-order valence-corrected chi connectivity index (χ4v) is 3.26. The first kappa shape index (κ1) is 26.4. The molecule has 2 rings (SSSR count). The van der Waals surface area contributed by atoms with Gasteiger partial charge >= 0.3 is 5.97 Å². The van der Waals surface area contributed by atoms with E-state index >= 15 is 0 Å². The SMILES string of the molecule is CCOc1ccc(N(CCC#N)C(=O)COC(=O)[C@@H](NC(=O)c2cccc(C)c2)C(C)C)cc1. The topological polar surface area (TPSA) is 109 Å². The van der Waals surface area contributed by atoms with E-state index in [2.05, 4.69) is 5.32 Å². The lowest BCUT2D eigenvalue weighted by atomic mass is 10.0. The number of ether oxygens (including phenoxy) is 2. The van der Waals surface area contributed by atoms with Crippen molar-refractivity contribution in [2.75, 3.05) is 24.7 Å². The van der Waals surface area contributed by atoms with E-state index in [4.69, 9.17) is 14.7 Å². The smallest absolute Gasteiger partial charge is 0.329 e. The van der Waals surface area contributed by atoms with Gasteiger partial charge in [0.1, 0.15) is 11.8 Å². The lowest BCUT2D eigenvalue weighted by Gasteiger charge is -2.24. The van der Waals surface area contributed by atoms with Gasteiger partial charge in [0.2, 0.25) is 0 Å². The number of anilines is 1. The first-order valence-electron chi connectivity index (χ1n) is 11.2. The third kappa shape index (κ3) is 7.62. The molecule has 0 saturated carbocycles. The van der Waals surface area contributed by atoms with Crippen molar-refractivity contribution >= 4 is 23.5 Å². The number of carbonyl (C=O) groups excluding carboxylic acids is 3. The number of amides is 2. The van der Waals surface area contributed by atoms with Crippen molar-refractivity contribution in [1.29, 1.82) is 5.26 Å². The van der Waals surface area contributed by atoms with E-state index in [1.165, 1.54) is 4.90 Å². The third-order valence-electron chi connectivity index (χ3n) is 5.03. The highest BCUT2D eigenvalue weighted by Crippen LogP contribution is 2.20. The maximum atomic E-state index is 12.9. The number of nitrogens with zero attached hydrogens (tertiary/aromatic N) is 2. The molecule has 34 heavy (non-hydrogen) atoms. The van der Waals surface area contributed by atoms with Crippen molar-refractivity contribution in [3.8, 4) is 11.8 Å². The predicted octanol–water partition coefficient (Wildman–Crippen LogP) is 3.64. The molecule has 0 bridgehead atoms. The Morgan fingerprint density at radius 2 is 1.82 bits per heavy atom. The second-order valence-corrected chi connectivity index (χ2v) is 8.05. The van der Waals surface area contributed by atoms with Crippen LogP contribution in [0.2, 0.25) is 0 Å². The van der Waals surface area contributed by atoms with Crippen LogP contribution in [0.15, 0.2) is 48.5 Å². The summed E-state index contributed by atoms with van der Waals surface area (Å²) in [7, 11) is 0. The molecule has 0 saturated heterocycles. The summed E-state index contributed by atoms with van der Waals surface area (Å²) in [6.45, 7) is 7.47. The van der Waals surface area contributed by atoms with Crippen molar-refractivity contribution < 1.29 is 23.9 Å². The predicted molar refractivity (Wildman–Crippen MR) is 128 cm³/mol. The fraction of sp³-hybridized carbons (Fsp3) is 0.385. The number of esters is 1. The Balaban J connectivity index is 2.06. The van der Waals surface area contributed by atoms with E-state index in [1.807, 2.05) is 26.0 Å². The molecule has 0 heterocycles. The van der Waals surface area contributed by atoms with Gasteiger partial charge in [-0.2, -0.15) is 5.26 Å². The van der Waals surface area contributed by atoms with Crippen LogP contribution in [0.3, 0.4) is 0 Å². The number of nitriles is 1. The molecule has 0 aromatic heterocycles. The molecule has 180 valence electrons. The Morgan fingerprint density at radius 1 is 1.12 bits per heavy atom. The molecule has 0 spiro atoms. The van der Waals surface area contributed by atoms with Crippen LogP contribution in [-0.4, -0.2) is 43.6 Å². The summed E-state index contributed by atoms with van der Waals surface area (Å²) in [5.41, 5.74) is 1.93. The van der Waals surface area contributed by atoms with Crippen molar-refractivity contribution in [2.45, 2.75) is 40.2 Å². The van der Waals surface area contributed by atoms with Gasteiger partial charge in [0.05, 0.1) is 19.1 Å². The Hall–Kier alpha value is -3.86. The summed E-state index contributed by atoms with van der Waals surface area (Å²) in [5.74, 6) is -1.15. The molecule has 2 aromatic rings. The summed E-state index contributed by atoms with van der Waals surface area (Å²) in [6, 6.07) is 15.0. The summed E-state index contributed by atoms with van der Waals surface area (Å²) in [4.78, 5) is 39.6. The first-order chi connectivity index (χ1) is 16.3. The van der Waals surface area contributed by atoms with Crippen LogP contribution in [0.25, 0.3) is 0 Å². The van der Waals surface area contributed by atoms with Crippen LogP contribution in [0.5, 0.6) is 5.75 Å². The lowest BCUT2D eigenvalue weighted by molar-refractivity contribution is -0.150. The van der Waals surface area contributed by atoms with Crippen LogP contribution < -0.4 is 15.0 Å². The van der Waals surface area contributed by atoms with Crippen molar-refractivity contribution in [3.63, 3.8) is 0 Å². The van der Waals surface area contributed by atoms with Gasteiger partial charge in [0, 0.05) is 17.8 Å². The van der Waals surface area contributed by atoms with Crippen LogP contribution in [-0.2, 0) is 14.3 Å². The first-order valence-corrected chi connectivity index (χ1v) is 11.2. The van der Waals surface area contributed by atoms with Crippen LogP contribution in [0.1, 0.15) is 43.1 Å². The van der Waals surface area contributed by atoms with Crippen molar-refractivity contribution in [3.05, 3.63) is 59.7 Å². The summed E-state index contributed by atoms with van der Waals surface area (Å²) >= 11 is 0. The molecular weight excluding hydrogens is 434 g/mol. The highest BCUT2D eigenvalue weighted by Gasteiger charge is 2.27. The largest absolute Gasteiger partial charge is 0.494 e. The molecule has 2 aromatic carbocycles. The average molecular weight is 466 g/mol. The van der Waals surface area contributed by atoms with E-state index in [0.717, 1.165) is 5.56 Å². The number of benzene rings is 2. The zero-order valence-corrected chi connectivity index (χ0v) is 20.0. The standard InChI is InChI=1S/C26H31N3O5/c1-5-33-22-12-10-21(11-13-22)29(15-7-14-27)23(30)17-34-26(32)24(18(2)3)28-25(31)20-9-6-8-19(4)16-20/h6,8-13,16,18,24H,5,7,15,17H2,1-4H3,(H,28,31)/t24-/m0/s1. The maximum absolute atomic E-state index is 12.9. The van der Waals surface area contributed by atoms with Crippen LogP contribution >= 0.6 is 0 Å². The lowest BCUT2D eigenvalue weighted by Crippen LogP contribution is -2.46. The fourth-order valence-electron chi connectivity index (χ4n) is 3.26. The molecule has 0 aliphatic carbocycles. The summed E-state index contributed by atoms with van der Waals surface area (Å²) in [6.07, 6.45) is 0.119. The van der Waals surface area contributed by atoms with E-state index in [-0.39, 0.29) is 18.9 Å². The maximum Gasteiger partial charge on any atom is 0.329 e. The van der Waals surface area contributed by atoms with Gasteiger partial charge < -0.3 is 19.7 Å². The zero-order valence-electron chi connectivity index (χ0n) is 20.0. The molecular formula is C26H31N3O5. The molecule has 1 atom stereocenters. The van der Waals surface area contributed by atoms with Gasteiger partial charge in [0.15, 0.2) is 6.61 Å². The van der Waals surface area contributed by atoms with Crippen LogP contribution in [0, 0.1) is 24.2 Å². The Kier molecular flexibility index (Phi) is 10.1. The Labute approximate surface area is 200 Å². The van der Waals surface area contributed by atoms with Gasteiger partial charge in [-0.1, -0.05) is 31.5 Å². The van der Waals surface area contributed by atoms with E-state index in [1.54, 1.807) is 56.3 Å². The van der Waals surface area contributed by atoms with E-state index in [0.29, 0.717) is 23.6 Å². The monoisotopic (exact) mass is 465 g/mol. The van der Waals surface area contributed by atoms with Crippen LogP contribution in [0.4, 0.5) is 5.69 Å². The molecule has 0 aliphatic rings. The Bertz CT molecular complexity index is 1030. The minimum absolute atomic E-state index is 0.119. The summed E-state index contributed by atoms with van der Waals surface area (Å²) in [5, 5.41) is 11.7. The van der Waals surface area contributed by atoms with Crippen molar-refractivity contribution in [1.82, 2.24) is 5.32 Å². The molecule has 0 radical (unpaired) electrons. The normalized spacial score (nSPS) is 11.3. The van der Waals surface area contributed by atoms with Gasteiger partial charge in [-0.15, -0.1) is 0 Å². The van der Waals surface area contributed by atoms with E-state index in [9.17, 15) is 14.4 Å². The highest BCUT2D eigenvalue weighted by molar-refractivity contribution is 5.98. The van der Waals surface area contributed by atoms with Crippen molar-refractivity contribution in [2.24, 2.45) is 5.92 Å². The van der Waals surface area contributed by atoms with E-state index < -0.39 is 30.4 Å². The zero-order chi connectivity index (χ0) is 25.1. The molecule has 0 aliphatic heterocycles. The molecule has 2 amide bonds. The second-order valence-electron chi connectivity index (χ2n) is 8.05. The number of hydrogen-bond donors (Lipinski definition) is 1. The molecule has 0 unspecified atom stereocenters. The second kappa shape index (κ2) is 13.0. The quantitative estimate of drug-likeness (QED) is 0.508. The highest BCUT2D eigenvalue weighted by atomic mass is 16.5. The number of rotatable bonds is 11. The third-order valence-corrected chi connectivity index (χ3v) is 5.03. The summed E-state index contributed by atoms with van der Waals surface area (Å²) < 4.78 is 10.7. The van der Waals surface area contributed by atoms with Gasteiger partial charge in [0.25, 0.3) is 11.8 Å². The van der Waals surface area contributed by atoms with Gasteiger partial charge in [-0.3, -0.25) is 9.59 Å². The number of aryl methyl sites for hydroxylation is 1. The number of carbonyl (C=O) groups is 3. The van der Waals surface area contributed by atoms with Gasteiger partial charge in [-0.25, -0.2) is 4.79 Å². The number of hydrogen-bond acceptors (Lipinski definition) is 6. The minimum atomic E-state index is -0.918. The molecule has 1 N–H and O–H groups in total. The average Bonchev–Trinajstić information content (AvgIpc) is 2.82. The minimum Gasteiger partial charge on any atom is -0.494 e. The molecule has 8 heteroatoms. The molecule has 8 nitrogen and oxygen atoms in total. The molecule has 0 fully saturated rings. The Morgan fingerprint density at radius 3 is 2.41 bits per heavy atom. The number of nitrogens with one attached hydrogen (secondary N) is 1.